The third-order valence-electron chi connectivity index (χ3n) is 7.96. The van der Waals surface area contributed by atoms with Gasteiger partial charge in [-0.05, 0) is 40.5 Å². The molecule has 34 heavy (non-hydrogen) atoms. The summed E-state index contributed by atoms with van der Waals surface area (Å²) < 4.78 is 6.78. The van der Waals surface area contributed by atoms with Crippen LogP contribution in [0, 0.1) is 11.8 Å². The lowest BCUT2D eigenvalue weighted by atomic mass is 9.74. The minimum atomic E-state index is -1.27. The van der Waals surface area contributed by atoms with E-state index >= 15 is 0 Å². The van der Waals surface area contributed by atoms with Crippen molar-refractivity contribution in [3.63, 3.8) is 0 Å². The van der Waals surface area contributed by atoms with Crippen LogP contribution in [0.5, 0.6) is 0 Å². The second kappa shape index (κ2) is 8.48. The van der Waals surface area contributed by atoms with E-state index < -0.39 is 40.7 Å². The van der Waals surface area contributed by atoms with E-state index in [4.69, 9.17) is 4.74 Å². The molecule has 4 aliphatic rings. The van der Waals surface area contributed by atoms with Gasteiger partial charge in [-0.15, -0.1) is 0 Å². The van der Waals surface area contributed by atoms with Crippen molar-refractivity contribution in [3.05, 3.63) is 24.3 Å². The Labute approximate surface area is 202 Å². The number of aliphatic hydroxyl groups excluding tert-OH is 1. The number of rotatable bonds is 5. The predicted octanol–water partition coefficient (Wildman–Crippen LogP) is 1.73. The maximum Gasteiger partial charge on any atom is 0.249 e. The second-order valence-corrected chi connectivity index (χ2v) is 11.2. The van der Waals surface area contributed by atoms with Crippen LogP contribution in [0.1, 0.15) is 54.4 Å². The number of nitrogens with zero attached hydrogens (tertiary/aromatic N) is 3. The molecule has 1 N–H and O–H groups in total. The van der Waals surface area contributed by atoms with Crippen molar-refractivity contribution >= 4 is 17.7 Å². The number of hydrogen-bond donors (Lipinski definition) is 1. The number of carbonyl (C=O) groups excluding carboxylic acids is 3. The zero-order valence-corrected chi connectivity index (χ0v) is 21.3. The summed E-state index contributed by atoms with van der Waals surface area (Å²) in [5.41, 5.74) is -2.75. The fraction of sp³-hybridized carbons (Fsp3) is 0.731. The topological polar surface area (TPSA) is 90.4 Å². The van der Waals surface area contributed by atoms with E-state index in [-0.39, 0.29) is 24.3 Å². The Balaban J connectivity index is 1.91. The molecule has 0 aliphatic carbocycles. The van der Waals surface area contributed by atoms with Crippen molar-refractivity contribution in [1.82, 2.24) is 14.7 Å². The average molecular weight is 474 g/mol. The summed E-state index contributed by atoms with van der Waals surface area (Å²) in [6.45, 7) is 12.9. The minimum absolute atomic E-state index is 0.111. The molecule has 0 radical (unpaired) electrons. The first-order valence-electron chi connectivity index (χ1n) is 12.6. The highest BCUT2D eigenvalue weighted by Gasteiger charge is 2.75. The monoisotopic (exact) mass is 473 g/mol. The van der Waals surface area contributed by atoms with Crippen molar-refractivity contribution in [2.24, 2.45) is 11.8 Å². The van der Waals surface area contributed by atoms with Gasteiger partial charge in [0.15, 0.2) is 0 Å². The summed E-state index contributed by atoms with van der Waals surface area (Å²) in [5, 5.41) is 10.2. The molecule has 4 rings (SSSR count). The summed E-state index contributed by atoms with van der Waals surface area (Å²) in [4.78, 5) is 47.3. The molecule has 3 amide bonds. The van der Waals surface area contributed by atoms with Gasteiger partial charge >= 0.3 is 0 Å². The third-order valence-corrected chi connectivity index (χ3v) is 7.96. The highest BCUT2D eigenvalue weighted by atomic mass is 16.5. The van der Waals surface area contributed by atoms with E-state index in [0.29, 0.717) is 26.1 Å². The highest BCUT2D eigenvalue weighted by Crippen LogP contribution is 2.58. The Bertz CT molecular complexity index is 920. The molecular weight excluding hydrogens is 434 g/mol. The summed E-state index contributed by atoms with van der Waals surface area (Å²) in [6.07, 6.45) is 8.91. The van der Waals surface area contributed by atoms with E-state index in [2.05, 4.69) is 0 Å². The van der Waals surface area contributed by atoms with Crippen LogP contribution < -0.4 is 0 Å². The van der Waals surface area contributed by atoms with Crippen molar-refractivity contribution in [2.45, 2.75) is 83.2 Å². The fourth-order valence-electron chi connectivity index (χ4n) is 6.39. The van der Waals surface area contributed by atoms with Crippen LogP contribution in [0.25, 0.3) is 0 Å². The molecule has 4 aliphatic heterocycles. The summed E-state index contributed by atoms with van der Waals surface area (Å²) in [7, 11) is 0. The van der Waals surface area contributed by atoms with Crippen LogP contribution in [0.2, 0.25) is 0 Å². The van der Waals surface area contributed by atoms with Gasteiger partial charge in [0.2, 0.25) is 17.7 Å². The Morgan fingerprint density at radius 3 is 2.32 bits per heavy atom. The first-order valence-corrected chi connectivity index (χ1v) is 12.6. The zero-order valence-electron chi connectivity index (χ0n) is 21.3. The van der Waals surface area contributed by atoms with Crippen LogP contribution in [0.4, 0.5) is 0 Å². The van der Waals surface area contributed by atoms with Gasteiger partial charge in [-0.1, -0.05) is 38.2 Å². The Hall–Kier alpha value is -2.19. The van der Waals surface area contributed by atoms with Gasteiger partial charge < -0.3 is 24.5 Å². The van der Waals surface area contributed by atoms with Gasteiger partial charge in [-0.2, -0.15) is 0 Å². The quantitative estimate of drug-likeness (QED) is 0.615. The number of likely N-dealkylation sites (tertiary alicyclic amines) is 1. The molecule has 2 fully saturated rings. The standard InChI is InChI=1S/C26H39N3O5/c1-7-13-27-14-9-11-25(6)18(21(27)31)19-22(32)29(17(8-2)16-30)20-23(33)28(24(3,4)5)15-10-12-26(19,20)34-25/h9-12,17-20,30H,7-8,13-16H2,1-6H3/t17-,18-,19-,20?,25+,26-/m0/s1. The normalized spacial score (nSPS) is 36.4. The predicted molar refractivity (Wildman–Crippen MR) is 128 cm³/mol. The lowest BCUT2D eigenvalue weighted by Gasteiger charge is -2.42. The first-order chi connectivity index (χ1) is 16.0. The van der Waals surface area contributed by atoms with Crippen LogP contribution in [-0.4, -0.2) is 92.6 Å². The van der Waals surface area contributed by atoms with E-state index in [1.54, 1.807) is 9.80 Å². The number of ether oxygens (including phenoxy) is 1. The molecule has 8 nitrogen and oxygen atoms in total. The van der Waals surface area contributed by atoms with Gasteiger partial charge in [-0.3, -0.25) is 14.4 Å². The number of fused-ring (bicyclic) bond motifs is 2. The van der Waals surface area contributed by atoms with Gasteiger partial charge in [0.05, 0.1) is 30.1 Å². The van der Waals surface area contributed by atoms with E-state index in [9.17, 15) is 19.5 Å². The maximum absolute atomic E-state index is 14.2. The van der Waals surface area contributed by atoms with Gasteiger partial charge in [0.25, 0.3) is 0 Å². The van der Waals surface area contributed by atoms with Gasteiger partial charge in [0.1, 0.15) is 11.6 Å². The highest BCUT2D eigenvalue weighted by molar-refractivity contribution is 6.00. The largest absolute Gasteiger partial charge is 0.394 e. The third kappa shape index (κ3) is 3.44. The Morgan fingerprint density at radius 2 is 1.74 bits per heavy atom. The van der Waals surface area contributed by atoms with Crippen LogP contribution in [-0.2, 0) is 19.1 Å². The second-order valence-electron chi connectivity index (χ2n) is 11.2. The maximum atomic E-state index is 14.2. The lowest BCUT2D eigenvalue weighted by Crippen LogP contribution is -2.61. The van der Waals surface area contributed by atoms with Gasteiger partial charge in [0, 0.05) is 25.2 Å². The van der Waals surface area contributed by atoms with Crippen molar-refractivity contribution in [1.29, 1.82) is 0 Å². The molecule has 6 atom stereocenters. The lowest BCUT2D eigenvalue weighted by molar-refractivity contribution is -0.158. The molecule has 1 unspecified atom stereocenters. The summed E-state index contributed by atoms with van der Waals surface area (Å²) in [5.74, 6) is -2.18. The molecule has 4 heterocycles. The molecule has 0 saturated carbocycles. The molecule has 1 spiro atoms. The zero-order chi connectivity index (χ0) is 25.1. The molecule has 8 heteroatoms. The van der Waals surface area contributed by atoms with Crippen LogP contribution in [0.3, 0.4) is 0 Å². The first kappa shape index (κ1) is 24.9. The van der Waals surface area contributed by atoms with Crippen molar-refractivity contribution in [3.8, 4) is 0 Å². The number of amides is 3. The Kier molecular flexibility index (Phi) is 6.22. The number of carbonyl (C=O) groups is 3. The minimum Gasteiger partial charge on any atom is -0.394 e. The number of hydrogen-bond acceptors (Lipinski definition) is 5. The fourth-order valence-corrected chi connectivity index (χ4v) is 6.39. The van der Waals surface area contributed by atoms with E-state index in [1.165, 1.54) is 4.90 Å². The summed E-state index contributed by atoms with van der Waals surface area (Å²) >= 11 is 0. The van der Waals surface area contributed by atoms with Crippen LogP contribution >= 0.6 is 0 Å². The molecular formula is C26H39N3O5. The molecule has 188 valence electrons. The Morgan fingerprint density at radius 1 is 1.06 bits per heavy atom. The van der Waals surface area contributed by atoms with Gasteiger partial charge in [-0.25, -0.2) is 0 Å². The molecule has 0 aromatic carbocycles. The SMILES string of the molecule is CCCN1CC=C[C@@]2(C)O[C@]34C=CCN(C(C)(C)C)C(=O)C3N([C@@H](CC)CO)C(=O)[C@@H]4[C@H]2C1=O. The average Bonchev–Trinajstić information content (AvgIpc) is 3.02. The molecule has 0 aromatic heterocycles. The molecule has 0 bridgehead atoms. The summed E-state index contributed by atoms with van der Waals surface area (Å²) in [6, 6.07) is -1.47. The molecule has 2 saturated heterocycles. The molecule has 0 aromatic rings. The van der Waals surface area contributed by atoms with E-state index in [0.717, 1.165) is 6.42 Å². The van der Waals surface area contributed by atoms with Crippen LogP contribution in [0.15, 0.2) is 24.3 Å². The number of aliphatic hydroxyl groups is 1. The van der Waals surface area contributed by atoms with Crippen molar-refractivity contribution in [2.75, 3.05) is 26.2 Å². The van der Waals surface area contributed by atoms with Crippen molar-refractivity contribution < 1.29 is 24.2 Å². The van der Waals surface area contributed by atoms with E-state index in [1.807, 2.05) is 65.8 Å². The smallest absolute Gasteiger partial charge is 0.249 e.